The van der Waals surface area contributed by atoms with Crippen molar-refractivity contribution in [2.24, 2.45) is 0 Å². The third kappa shape index (κ3) is 3.21. The molecule has 0 saturated heterocycles. The number of H-pyrrole nitrogens is 1. The van der Waals surface area contributed by atoms with E-state index in [1.165, 1.54) is 0 Å². The Morgan fingerprint density at radius 3 is 2.72 bits per heavy atom. The molecule has 0 aliphatic rings. The van der Waals surface area contributed by atoms with Gasteiger partial charge in [0.15, 0.2) is 5.82 Å². The van der Waals surface area contributed by atoms with E-state index in [4.69, 9.17) is 9.47 Å². The fourth-order valence-corrected chi connectivity index (χ4v) is 2.48. The van der Waals surface area contributed by atoms with Crippen LogP contribution in [0.15, 0.2) is 47.3 Å². The third-order valence-corrected chi connectivity index (χ3v) is 3.73. The molecular weight excluding hydrogens is 318 g/mol. The first-order valence-electron chi connectivity index (χ1n) is 7.49. The maximum Gasteiger partial charge on any atom is 0.259 e. The first kappa shape index (κ1) is 16.3. The SMILES string of the molecule is COc1ccc(OC)c(/C=C(\C#N)c2nc3ccccc3c(=O)[nH]2)c1. The molecule has 1 N–H and O–H groups in total. The molecule has 2 aromatic carbocycles. The summed E-state index contributed by atoms with van der Waals surface area (Å²) < 4.78 is 10.5. The van der Waals surface area contributed by atoms with Gasteiger partial charge in [-0.25, -0.2) is 4.98 Å². The lowest BCUT2D eigenvalue weighted by Gasteiger charge is -2.08. The van der Waals surface area contributed by atoms with E-state index in [-0.39, 0.29) is 17.0 Å². The van der Waals surface area contributed by atoms with Crippen molar-refractivity contribution in [3.8, 4) is 17.6 Å². The van der Waals surface area contributed by atoms with Crippen LogP contribution in [0.1, 0.15) is 11.4 Å². The van der Waals surface area contributed by atoms with Gasteiger partial charge in [-0.2, -0.15) is 5.26 Å². The highest BCUT2D eigenvalue weighted by atomic mass is 16.5. The lowest BCUT2D eigenvalue weighted by molar-refractivity contribution is 0.402. The first-order chi connectivity index (χ1) is 12.2. The van der Waals surface area contributed by atoms with Crippen molar-refractivity contribution in [1.29, 1.82) is 5.26 Å². The first-order valence-corrected chi connectivity index (χ1v) is 7.49. The van der Waals surface area contributed by atoms with Gasteiger partial charge in [0, 0.05) is 5.56 Å². The van der Waals surface area contributed by atoms with Crippen LogP contribution >= 0.6 is 0 Å². The zero-order valence-electron chi connectivity index (χ0n) is 13.7. The molecule has 0 unspecified atom stereocenters. The fraction of sp³-hybridized carbons (Fsp3) is 0.105. The van der Waals surface area contributed by atoms with Crippen LogP contribution in [0.2, 0.25) is 0 Å². The number of benzene rings is 2. The molecule has 1 aromatic heterocycles. The van der Waals surface area contributed by atoms with Crippen molar-refractivity contribution in [1.82, 2.24) is 9.97 Å². The van der Waals surface area contributed by atoms with Gasteiger partial charge >= 0.3 is 0 Å². The average molecular weight is 333 g/mol. The van der Waals surface area contributed by atoms with E-state index in [0.29, 0.717) is 28.0 Å². The molecule has 3 rings (SSSR count). The number of rotatable bonds is 4. The van der Waals surface area contributed by atoms with Crippen LogP contribution in [0.3, 0.4) is 0 Å². The lowest BCUT2D eigenvalue weighted by Crippen LogP contribution is -2.11. The summed E-state index contributed by atoms with van der Waals surface area (Å²) in [5.41, 5.74) is 1.10. The summed E-state index contributed by atoms with van der Waals surface area (Å²) in [5, 5.41) is 10.0. The minimum atomic E-state index is -0.292. The van der Waals surface area contributed by atoms with Gasteiger partial charge in [-0.15, -0.1) is 0 Å². The molecule has 0 saturated carbocycles. The summed E-state index contributed by atoms with van der Waals surface area (Å²) in [4.78, 5) is 19.3. The van der Waals surface area contributed by atoms with Crippen molar-refractivity contribution >= 4 is 22.6 Å². The molecule has 0 bridgehead atoms. The van der Waals surface area contributed by atoms with Crippen molar-refractivity contribution < 1.29 is 9.47 Å². The molecule has 6 heteroatoms. The van der Waals surface area contributed by atoms with Crippen LogP contribution in [-0.4, -0.2) is 24.2 Å². The van der Waals surface area contributed by atoms with E-state index >= 15 is 0 Å². The Bertz CT molecular complexity index is 1060. The van der Waals surface area contributed by atoms with Crippen molar-refractivity contribution in [3.63, 3.8) is 0 Å². The van der Waals surface area contributed by atoms with Crippen molar-refractivity contribution in [3.05, 3.63) is 64.2 Å². The Kier molecular flexibility index (Phi) is 4.48. The predicted octanol–water partition coefficient (Wildman–Crippen LogP) is 3.00. The number of nitriles is 1. The Hall–Kier alpha value is -3.59. The monoisotopic (exact) mass is 333 g/mol. The highest BCUT2D eigenvalue weighted by Gasteiger charge is 2.10. The number of nitrogens with zero attached hydrogens (tertiary/aromatic N) is 2. The molecule has 0 aliphatic carbocycles. The predicted molar refractivity (Wildman–Crippen MR) is 95.4 cm³/mol. The second-order valence-electron chi connectivity index (χ2n) is 5.21. The van der Waals surface area contributed by atoms with Gasteiger partial charge in [0.05, 0.1) is 30.7 Å². The Labute approximate surface area is 144 Å². The maximum atomic E-state index is 12.2. The molecule has 0 aliphatic heterocycles. The number of methoxy groups -OCH3 is 2. The third-order valence-electron chi connectivity index (χ3n) is 3.73. The highest BCUT2D eigenvalue weighted by Crippen LogP contribution is 2.27. The Morgan fingerprint density at radius 2 is 2.00 bits per heavy atom. The van der Waals surface area contributed by atoms with Crippen LogP contribution in [0, 0.1) is 11.3 Å². The molecule has 0 amide bonds. The molecular formula is C19H15N3O3. The van der Waals surface area contributed by atoms with Gasteiger partial charge in [0.2, 0.25) is 0 Å². The largest absolute Gasteiger partial charge is 0.497 e. The van der Waals surface area contributed by atoms with E-state index in [2.05, 4.69) is 16.0 Å². The second kappa shape index (κ2) is 6.89. The molecule has 0 atom stereocenters. The van der Waals surface area contributed by atoms with E-state index in [9.17, 15) is 10.1 Å². The summed E-state index contributed by atoms with van der Waals surface area (Å²) in [5.74, 6) is 1.41. The molecule has 0 fully saturated rings. The number of allylic oxidation sites excluding steroid dienone is 1. The summed E-state index contributed by atoms with van der Waals surface area (Å²) in [6, 6.07) is 14.3. The van der Waals surface area contributed by atoms with E-state index in [0.717, 1.165) is 0 Å². The fourth-order valence-electron chi connectivity index (χ4n) is 2.48. The lowest BCUT2D eigenvalue weighted by atomic mass is 10.1. The molecule has 124 valence electrons. The van der Waals surface area contributed by atoms with Gasteiger partial charge in [0.25, 0.3) is 5.56 Å². The number of hydrogen-bond acceptors (Lipinski definition) is 5. The molecule has 25 heavy (non-hydrogen) atoms. The van der Waals surface area contributed by atoms with Gasteiger partial charge in [0.1, 0.15) is 17.6 Å². The summed E-state index contributed by atoms with van der Waals surface area (Å²) >= 11 is 0. The summed E-state index contributed by atoms with van der Waals surface area (Å²) in [7, 11) is 3.10. The number of aromatic nitrogens is 2. The number of nitrogens with one attached hydrogen (secondary N) is 1. The number of aromatic amines is 1. The Balaban J connectivity index is 2.17. The van der Waals surface area contributed by atoms with E-state index < -0.39 is 0 Å². The molecule has 3 aromatic rings. The van der Waals surface area contributed by atoms with E-state index in [1.54, 1.807) is 62.8 Å². The van der Waals surface area contributed by atoms with Gasteiger partial charge in [-0.3, -0.25) is 4.79 Å². The van der Waals surface area contributed by atoms with Gasteiger partial charge < -0.3 is 14.5 Å². The molecule has 0 spiro atoms. The van der Waals surface area contributed by atoms with Crippen LogP contribution in [-0.2, 0) is 0 Å². The second-order valence-corrected chi connectivity index (χ2v) is 5.21. The quantitative estimate of drug-likeness (QED) is 0.742. The molecule has 6 nitrogen and oxygen atoms in total. The van der Waals surface area contributed by atoms with Crippen molar-refractivity contribution in [2.75, 3.05) is 14.2 Å². The van der Waals surface area contributed by atoms with E-state index in [1.807, 2.05) is 0 Å². The zero-order valence-corrected chi connectivity index (χ0v) is 13.7. The number of para-hydroxylation sites is 1. The average Bonchev–Trinajstić information content (AvgIpc) is 2.65. The number of ether oxygens (including phenoxy) is 2. The maximum absolute atomic E-state index is 12.2. The van der Waals surface area contributed by atoms with Crippen LogP contribution in [0.5, 0.6) is 11.5 Å². The topological polar surface area (TPSA) is 88.0 Å². The normalized spacial score (nSPS) is 11.2. The Morgan fingerprint density at radius 1 is 1.20 bits per heavy atom. The number of hydrogen-bond donors (Lipinski definition) is 1. The minimum Gasteiger partial charge on any atom is -0.497 e. The summed E-state index contributed by atoms with van der Waals surface area (Å²) in [6.07, 6.45) is 1.61. The molecule has 1 heterocycles. The van der Waals surface area contributed by atoms with Gasteiger partial charge in [-0.1, -0.05) is 12.1 Å². The zero-order chi connectivity index (χ0) is 17.8. The molecule has 0 radical (unpaired) electrons. The highest BCUT2D eigenvalue weighted by molar-refractivity contribution is 5.90. The minimum absolute atomic E-state index is 0.205. The van der Waals surface area contributed by atoms with Gasteiger partial charge in [-0.05, 0) is 36.4 Å². The van der Waals surface area contributed by atoms with Crippen LogP contribution < -0.4 is 15.0 Å². The van der Waals surface area contributed by atoms with Crippen molar-refractivity contribution in [2.45, 2.75) is 0 Å². The smallest absolute Gasteiger partial charge is 0.259 e. The summed E-state index contributed by atoms with van der Waals surface area (Å²) in [6.45, 7) is 0. The van der Waals surface area contributed by atoms with Crippen LogP contribution in [0.4, 0.5) is 0 Å². The number of fused-ring (bicyclic) bond motifs is 1. The van der Waals surface area contributed by atoms with Crippen LogP contribution in [0.25, 0.3) is 22.6 Å². The standard InChI is InChI=1S/C19H15N3O3/c1-24-14-7-8-17(25-2)12(10-14)9-13(11-20)18-21-16-6-4-3-5-15(16)19(23)22-18/h3-10H,1-2H3,(H,21,22,23)/b13-9+.